The summed E-state index contributed by atoms with van der Waals surface area (Å²) in [5, 5.41) is 9.27. The predicted octanol–water partition coefficient (Wildman–Crippen LogP) is 2.84. The highest BCUT2D eigenvalue weighted by Crippen LogP contribution is 2.25. The van der Waals surface area contributed by atoms with Crippen molar-refractivity contribution >= 4 is 0 Å². The molecule has 0 saturated carbocycles. The first-order chi connectivity index (χ1) is 8.22. The molecule has 88 valence electrons. The summed E-state index contributed by atoms with van der Waals surface area (Å²) in [5.74, 6) is 2.22. The zero-order chi connectivity index (χ0) is 11.8. The Morgan fingerprint density at radius 3 is 2.82 bits per heavy atom. The van der Waals surface area contributed by atoms with Crippen molar-refractivity contribution < 1.29 is 5.11 Å². The van der Waals surface area contributed by atoms with Crippen molar-refractivity contribution in [1.82, 2.24) is 9.55 Å². The molecule has 0 radical (unpaired) electrons. The number of nitrogens with zero attached hydrogens (tertiary/aromatic N) is 2. The molecule has 0 fully saturated rings. The van der Waals surface area contributed by atoms with Crippen LogP contribution in [0.1, 0.15) is 19.2 Å². The average molecular weight is 228 g/mol. The Bertz CT molecular complexity index is 528. The van der Waals surface area contributed by atoms with Gasteiger partial charge in [0.05, 0.1) is 5.69 Å². The molecule has 1 N–H and O–H groups in total. The van der Waals surface area contributed by atoms with Crippen LogP contribution in [0.2, 0.25) is 0 Å². The van der Waals surface area contributed by atoms with Gasteiger partial charge in [-0.25, -0.2) is 4.98 Å². The summed E-state index contributed by atoms with van der Waals surface area (Å²) in [7, 11) is 0. The van der Waals surface area contributed by atoms with Crippen molar-refractivity contribution in [3.05, 3.63) is 36.3 Å². The van der Waals surface area contributed by atoms with Crippen LogP contribution in [0.4, 0.5) is 0 Å². The Labute approximate surface area is 101 Å². The van der Waals surface area contributed by atoms with Crippen LogP contribution in [0.3, 0.4) is 0 Å². The van der Waals surface area contributed by atoms with Crippen LogP contribution in [0.5, 0.6) is 5.75 Å². The normalized spacial score (nSPS) is 19.0. The molecule has 0 saturated heterocycles. The van der Waals surface area contributed by atoms with E-state index in [2.05, 4.69) is 22.7 Å². The van der Waals surface area contributed by atoms with E-state index in [-0.39, 0.29) is 0 Å². The third-order valence-corrected chi connectivity index (χ3v) is 3.39. The summed E-state index contributed by atoms with van der Waals surface area (Å²) in [6.07, 6.45) is 4.42. The van der Waals surface area contributed by atoms with Crippen molar-refractivity contribution in [3.63, 3.8) is 0 Å². The van der Waals surface area contributed by atoms with Gasteiger partial charge in [0.2, 0.25) is 0 Å². The topological polar surface area (TPSA) is 38.1 Å². The fraction of sp³-hybridized carbons (Fsp3) is 0.357. The number of aromatic nitrogens is 2. The molecule has 3 rings (SSSR count). The van der Waals surface area contributed by atoms with Gasteiger partial charge in [-0.1, -0.05) is 6.92 Å². The zero-order valence-corrected chi connectivity index (χ0v) is 9.93. The first kappa shape index (κ1) is 10.4. The summed E-state index contributed by atoms with van der Waals surface area (Å²) in [6, 6.07) is 7.23. The standard InChI is InChI=1S/C14H16N2O/c1-10-2-7-14-15-13(9-16(14)8-10)11-3-5-12(17)6-4-11/h3-6,9-10,17H,2,7-8H2,1H3. The summed E-state index contributed by atoms with van der Waals surface area (Å²) in [5.41, 5.74) is 2.08. The highest BCUT2D eigenvalue weighted by Gasteiger charge is 2.17. The predicted molar refractivity (Wildman–Crippen MR) is 66.8 cm³/mol. The molecule has 3 nitrogen and oxygen atoms in total. The van der Waals surface area contributed by atoms with Gasteiger partial charge in [0.1, 0.15) is 11.6 Å². The van der Waals surface area contributed by atoms with Crippen LogP contribution < -0.4 is 0 Å². The smallest absolute Gasteiger partial charge is 0.115 e. The van der Waals surface area contributed by atoms with Gasteiger partial charge in [-0.2, -0.15) is 0 Å². The Kier molecular flexibility index (Phi) is 2.39. The van der Waals surface area contributed by atoms with Crippen LogP contribution >= 0.6 is 0 Å². The van der Waals surface area contributed by atoms with E-state index in [1.807, 2.05) is 12.1 Å². The molecule has 0 bridgehead atoms. The van der Waals surface area contributed by atoms with Crippen LogP contribution in [-0.4, -0.2) is 14.7 Å². The van der Waals surface area contributed by atoms with Crippen molar-refractivity contribution in [2.45, 2.75) is 26.3 Å². The number of aryl methyl sites for hydroxylation is 1. The molecule has 1 aromatic heterocycles. The van der Waals surface area contributed by atoms with Crippen molar-refractivity contribution in [3.8, 4) is 17.0 Å². The van der Waals surface area contributed by atoms with Gasteiger partial charge in [0.25, 0.3) is 0 Å². The number of benzene rings is 1. The number of imidazole rings is 1. The molecule has 1 unspecified atom stereocenters. The van der Waals surface area contributed by atoms with E-state index in [9.17, 15) is 5.11 Å². The molecule has 1 aliphatic heterocycles. The van der Waals surface area contributed by atoms with Crippen LogP contribution in [0.25, 0.3) is 11.3 Å². The highest BCUT2D eigenvalue weighted by molar-refractivity contribution is 5.59. The lowest BCUT2D eigenvalue weighted by Gasteiger charge is -2.19. The fourth-order valence-electron chi connectivity index (χ4n) is 2.39. The maximum absolute atomic E-state index is 9.27. The first-order valence-electron chi connectivity index (χ1n) is 6.08. The number of rotatable bonds is 1. The average Bonchev–Trinajstić information content (AvgIpc) is 2.72. The summed E-state index contributed by atoms with van der Waals surface area (Å²) in [4.78, 5) is 4.67. The van der Waals surface area contributed by atoms with Crippen LogP contribution in [0.15, 0.2) is 30.5 Å². The second kappa shape index (κ2) is 3.91. The van der Waals surface area contributed by atoms with E-state index in [1.165, 1.54) is 12.2 Å². The van der Waals surface area contributed by atoms with E-state index in [1.54, 1.807) is 12.1 Å². The van der Waals surface area contributed by atoms with Crippen molar-refractivity contribution in [1.29, 1.82) is 0 Å². The number of hydrogen-bond acceptors (Lipinski definition) is 2. The number of fused-ring (bicyclic) bond motifs is 1. The lowest BCUT2D eigenvalue weighted by atomic mass is 10.0. The SMILES string of the molecule is CC1CCc2nc(-c3ccc(O)cc3)cn2C1. The minimum Gasteiger partial charge on any atom is -0.508 e. The molecule has 0 aliphatic carbocycles. The second-order valence-corrected chi connectivity index (χ2v) is 4.89. The number of phenolic OH excluding ortho intramolecular Hbond substituents is 1. The second-order valence-electron chi connectivity index (χ2n) is 4.89. The summed E-state index contributed by atoms with van der Waals surface area (Å²) in [6.45, 7) is 3.35. The van der Waals surface area contributed by atoms with E-state index < -0.39 is 0 Å². The first-order valence-corrected chi connectivity index (χ1v) is 6.08. The molecule has 0 spiro atoms. The molecular formula is C14H16N2O. The van der Waals surface area contributed by atoms with Gasteiger partial charge < -0.3 is 9.67 Å². The molecule has 0 amide bonds. The Morgan fingerprint density at radius 1 is 1.29 bits per heavy atom. The lowest BCUT2D eigenvalue weighted by Crippen LogP contribution is -2.17. The van der Waals surface area contributed by atoms with Crippen molar-refractivity contribution in [2.24, 2.45) is 5.92 Å². The molecule has 2 heterocycles. The monoisotopic (exact) mass is 228 g/mol. The Balaban J connectivity index is 1.97. The molecular weight excluding hydrogens is 212 g/mol. The maximum atomic E-state index is 9.27. The van der Waals surface area contributed by atoms with Gasteiger partial charge in [0, 0.05) is 24.7 Å². The van der Waals surface area contributed by atoms with Gasteiger partial charge in [-0.3, -0.25) is 0 Å². The largest absolute Gasteiger partial charge is 0.508 e. The van der Waals surface area contributed by atoms with Gasteiger partial charge in [0.15, 0.2) is 0 Å². The van der Waals surface area contributed by atoms with E-state index in [4.69, 9.17) is 0 Å². The number of hydrogen-bond donors (Lipinski definition) is 1. The molecule has 1 atom stereocenters. The molecule has 3 heteroatoms. The Morgan fingerprint density at radius 2 is 2.06 bits per heavy atom. The minimum absolute atomic E-state index is 0.298. The lowest BCUT2D eigenvalue weighted by molar-refractivity contribution is 0.394. The summed E-state index contributed by atoms with van der Waals surface area (Å²) >= 11 is 0. The fourth-order valence-corrected chi connectivity index (χ4v) is 2.39. The van der Waals surface area contributed by atoms with E-state index >= 15 is 0 Å². The maximum Gasteiger partial charge on any atom is 0.115 e. The van der Waals surface area contributed by atoms with E-state index in [0.717, 1.165) is 30.1 Å². The number of aromatic hydroxyl groups is 1. The third kappa shape index (κ3) is 1.93. The quantitative estimate of drug-likeness (QED) is 0.815. The molecule has 1 aromatic carbocycles. The van der Waals surface area contributed by atoms with Crippen LogP contribution in [-0.2, 0) is 13.0 Å². The van der Waals surface area contributed by atoms with Gasteiger partial charge in [-0.05, 0) is 36.6 Å². The molecule has 1 aliphatic rings. The van der Waals surface area contributed by atoms with Crippen molar-refractivity contribution in [2.75, 3.05) is 0 Å². The minimum atomic E-state index is 0.298. The Hall–Kier alpha value is -1.77. The van der Waals surface area contributed by atoms with Crippen LogP contribution in [0, 0.1) is 5.92 Å². The molecule has 17 heavy (non-hydrogen) atoms. The highest BCUT2D eigenvalue weighted by atomic mass is 16.3. The van der Waals surface area contributed by atoms with Gasteiger partial charge >= 0.3 is 0 Å². The number of phenols is 1. The zero-order valence-electron chi connectivity index (χ0n) is 9.93. The third-order valence-electron chi connectivity index (χ3n) is 3.39. The van der Waals surface area contributed by atoms with Gasteiger partial charge in [-0.15, -0.1) is 0 Å². The molecule has 2 aromatic rings. The summed E-state index contributed by atoms with van der Waals surface area (Å²) < 4.78 is 2.26. The van der Waals surface area contributed by atoms with E-state index in [0.29, 0.717) is 5.75 Å².